The quantitative estimate of drug-likeness (QED) is 0.834. The van der Waals surface area contributed by atoms with Crippen LogP contribution in [0.1, 0.15) is 32.6 Å². The number of rotatable bonds is 6. The molecule has 2 atom stereocenters. The Kier molecular flexibility index (Phi) is 4.75. The van der Waals surface area contributed by atoms with E-state index in [0.29, 0.717) is 30.8 Å². The highest BCUT2D eigenvalue weighted by Gasteiger charge is 2.28. The molecule has 0 bridgehead atoms. The van der Waals surface area contributed by atoms with Crippen molar-refractivity contribution in [2.24, 2.45) is 11.7 Å². The predicted molar refractivity (Wildman–Crippen MR) is 68.6 cm³/mol. The van der Waals surface area contributed by atoms with Gasteiger partial charge in [0, 0.05) is 5.92 Å². The molecule has 0 radical (unpaired) electrons. The number of ether oxygens (including phenoxy) is 2. The van der Waals surface area contributed by atoms with Gasteiger partial charge in [0.25, 0.3) is 0 Å². The van der Waals surface area contributed by atoms with E-state index in [1.165, 1.54) is 6.42 Å². The lowest BCUT2D eigenvalue weighted by molar-refractivity contribution is 0.152. The van der Waals surface area contributed by atoms with Crippen LogP contribution in [-0.2, 0) is 0 Å². The molecular formula is C13H21N3O2. The third-order valence-electron chi connectivity index (χ3n) is 3.21. The van der Waals surface area contributed by atoms with Gasteiger partial charge in [-0.1, -0.05) is 6.92 Å². The van der Waals surface area contributed by atoms with E-state index >= 15 is 0 Å². The maximum atomic E-state index is 5.87. The number of hydrogen-bond acceptors (Lipinski definition) is 5. The van der Waals surface area contributed by atoms with Gasteiger partial charge in [-0.15, -0.1) is 0 Å². The molecule has 0 amide bonds. The summed E-state index contributed by atoms with van der Waals surface area (Å²) in [5, 5.41) is 0. The predicted octanol–water partition coefficient (Wildman–Crippen LogP) is 1.77. The highest BCUT2D eigenvalue weighted by Crippen LogP contribution is 2.28. The summed E-state index contributed by atoms with van der Waals surface area (Å²) in [5.74, 6) is 1.50. The van der Waals surface area contributed by atoms with E-state index in [-0.39, 0.29) is 6.10 Å². The molecule has 0 spiro atoms. The maximum Gasteiger partial charge on any atom is 0.235 e. The Hall–Kier alpha value is -1.36. The molecule has 1 aromatic rings. The van der Waals surface area contributed by atoms with Crippen LogP contribution in [0.4, 0.5) is 0 Å². The molecule has 0 aromatic carbocycles. The zero-order valence-electron chi connectivity index (χ0n) is 10.8. The molecular weight excluding hydrogens is 230 g/mol. The summed E-state index contributed by atoms with van der Waals surface area (Å²) in [6.45, 7) is 3.37. The average Bonchev–Trinajstić information content (AvgIpc) is 2.84. The first kappa shape index (κ1) is 13.1. The van der Waals surface area contributed by atoms with Crippen LogP contribution in [0.5, 0.6) is 11.8 Å². The summed E-state index contributed by atoms with van der Waals surface area (Å²) >= 11 is 0. The van der Waals surface area contributed by atoms with Gasteiger partial charge in [-0.25, -0.2) is 0 Å². The first-order valence-electron chi connectivity index (χ1n) is 6.65. The molecule has 5 nitrogen and oxygen atoms in total. The molecule has 18 heavy (non-hydrogen) atoms. The molecule has 1 aliphatic rings. The van der Waals surface area contributed by atoms with E-state index in [2.05, 4.69) is 16.9 Å². The van der Waals surface area contributed by atoms with Crippen molar-refractivity contribution in [3.05, 3.63) is 12.4 Å². The van der Waals surface area contributed by atoms with Crippen LogP contribution >= 0.6 is 0 Å². The van der Waals surface area contributed by atoms with E-state index in [1.54, 1.807) is 12.4 Å². The van der Waals surface area contributed by atoms with Crippen LogP contribution in [0.15, 0.2) is 12.4 Å². The Morgan fingerprint density at radius 3 is 2.94 bits per heavy atom. The summed E-state index contributed by atoms with van der Waals surface area (Å²) in [6, 6.07) is 0. The molecule has 2 N–H and O–H groups in total. The van der Waals surface area contributed by atoms with Gasteiger partial charge in [-0.05, 0) is 32.2 Å². The number of aromatic nitrogens is 2. The van der Waals surface area contributed by atoms with E-state index in [1.807, 2.05) is 0 Å². The third-order valence-corrected chi connectivity index (χ3v) is 3.21. The van der Waals surface area contributed by atoms with Crippen molar-refractivity contribution < 1.29 is 9.47 Å². The summed E-state index contributed by atoms with van der Waals surface area (Å²) in [4.78, 5) is 8.38. The minimum Gasteiger partial charge on any atom is -0.477 e. The maximum absolute atomic E-state index is 5.87. The van der Waals surface area contributed by atoms with Crippen molar-refractivity contribution in [2.45, 2.75) is 38.7 Å². The van der Waals surface area contributed by atoms with Crippen molar-refractivity contribution in [3.8, 4) is 11.8 Å². The third kappa shape index (κ3) is 3.32. The first-order valence-corrected chi connectivity index (χ1v) is 6.65. The lowest BCUT2D eigenvalue weighted by Gasteiger charge is -2.19. The van der Waals surface area contributed by atoms with Crippen LogP contribution < -0.4 is 15.2 Å². The van der Waals surface area contributed by atoms with Crippen LogP contribution in [0.2, 0.25) is 0 Å². The van der Waals surface area contributed by atoms with Crippen molar-refractivity contribution in [2.75, 3.05) is 13.2 Å². The summed E-state index contributed by atoms with van der Waals surface area (Å²) in [6.07, 6.45) is 7.72. The highest BCUT2D eigenvalue weighted by atomic mass is 16.5. The normalized spacial score (nSPS) is 23.0. The fourth-order valence-corrected chi connectivity index (χ4v) is 2.25. The topological polar surface area (TPSA) is 70.3 Å². The molecule has 2 unspecified atom stereocenters. The lowest BCUT2D eigenvalue weighted by Crippen LogP contribution is -2.28. The molecule has 2 rings (SSSR count). The monoisotopic (exact) mass is 251 g/mol. The number of nitrogens with zero attached hydrogens (tertiary/aromatic N) is 2. The number of hydrogen-bond donors (Lipinski definition) is 1. The van der Waals surface area contributed by atoms with E-state index in [0.717, 1.165) is 19.3 Å². The summed E-state index contributed by atoms with van der Waals surface area (Å²) in [7, 11) is 0. The smallest absolute Gasteiger partial charge is 0.235 e. The van der Waals surface area contributed by atoms with Crippen LogP contribution in [0.3, 0.4) is 0 Å². The van der Waals surface area contributed by atoms with Crippen molar-refractivity contribution >= 4 is 0 Å². The van der Waals surface area contributed by atoms with Crippen molar-refractivity contribution in [3.63, 3.8) is 0 Å². The number of nitrogens with two attached hydrogens (primary N) is 1. The second-order valence-electron chi connectivity index (χ2n) is 4.63. The van der Waals surface area contributed by atoms with Gasteiger partial charge in [0.15, 0.2) is 0 Å². The molecule has 0 saturated heterocycles. The Labute approximate surface area is 108 Å². The van der Waals surface area contributed by atoms with Crippen molar-refractivity contribution in [1.82, 2.24) is 9.97 Å². The Bertz CT molecular complexity index is 373. The molecule has 1 fully saturated rings. The van der Waals surface area contributed by atoms with Gasteiger partial charge in [0.1, 0.15) is 6.10 Å². The standard InChI is InChI=1S/C13H21N3O2/c1-2-6-17-12-8-15-9-13(16-12)18-11-5-3-4-10(11)7-14/h8-11H,2-7,14H2,1H3. The molecule has 1 aliphatic carbocycles. The van der Waals surface area contributed by atoms with E-state index in [4.69, 9.17) is 15.2 Å². The first-order chi connectivity index (χ1) is 8.83. The lowest BCUT2D eigenvalue weighted by atomic mass is 10.1. The second-order valence-corrected chi connectivity index (χ2v) is 4.63. The Morgan fingerprint density at radius 1 is 1.33 bits per heavy atom. The fraction of sp³-hybridized carbons (Fsp3) is 0.692. The second kappa shape index (κ2) is 6.54. The zero-order chi connectivity index (χ0) is 12.8. The van der Waals surface area contributed by atoms with Gasteiger partial charge in [-0.3, -0.25) is 4.98 Å². The van der Waals surface area contributed by atoms with Gasteiger partial charge in [-0.2, -0.15) is 4.98 Å². The van der Waals surface area contributed by atoms with Gasteiger partial charge >= 0.3 is 0 Å². The highest BCUT2D eigenvalue weighted by molar-refractivity contribution is 5.13. The molecule has 1 aromatic heterocycles. The zero-order valence-corrected chi connectivity index (χ0v) is 10.8. The van der Waals surface area contributed by atoms with E-state index < -0.39 is 0 Å². The molecule has 0 aliphatic heterocycles. The SMILES string of the molecule is CCCOc1cncc(OC2CCCC2CN)n1. The molecule has 1 heterocycles. The average molecular weight is 251 g/mol. The van der Waals surface area contributed by atoms with Crippen LogP contribution in [-0.4, -0.2) is 29.2 Å². The van der Waals surface area contributed by atoms with Crippen molar-refractivity contribution in [1.29, 1.82) is 0 Å². The van der Waals surface area contributed by atoms with Gasteiger partial charge in [0.05, 0.1) is 19.0 Å². The molecule has 1 saturated carbocycles. The Morgan fingerprint density at radius 2 is 2.17 bits per heavy atom. The summed E-state index contributed by atoms with van der Waals surface area (Å²) < 4.78 is 11.3. The fourth-order valence-electron chi connectivity index (χ4n) is 2.25. The van der Waals surface area contributed by atoms with Gasteiger partial charge < -0.3 is 15.2 Å². The van der Waals surface area contributed by atoms with Gasteiger partial charge in [0.2, 0.25) is 11.8 Å². The molecule has 5 heteroatoms. The minimum atomic E-state index is 0.172. The Balaban J connectivity index is 1.96. The molecule has 100 valence electrons. The van der Waals surface area contributed by atoms with Crippen LogP contribution in [0, 0.1) is 5.92 Å². The largest absolute Gasteiger partial charge is 0.477 e. The minimum absolute atomic E-state index is 0.172. The van der Waals surface area contributed by atoms with Crippen LogP contribution in [0.25, 0.3) is 0 Å². The van der Waals surface area contributed by atoms with E-state index in [9.17, 15) is 0 Å². The summed E-state index contributed by atoms with van der Waals surface area (Å²) in [5.41, 5.74) is 5.73.